The van der Waals surface area contributed by atoms with Crippen molar-refractivity contribution in [2.75, 3.05) is 20.3 Å². The van der Waals surface area contributed by atoms with Gasteiger partial charge in [-0.05, 0) is 64.2 Å². The SMILES string of the molecule is COCC1CN(S(=O)(=O)C2CCC(Cl)CC2)C2CC(NC(=O)C3C(F)CCCC3Cl)CCC2O1. The first-order valence-electron chi connectivity index (χ1n) is 12.6. The number of carbonyl (C=O) groups excluding carboxylic acids is 1. The van der Waals surface area contributed by atoms with E-state index in [0.717, 1.165) is 0 Å². The van der Waals surface area contributed by atoms with Gasteiger partial charge in [-0.1, -0.05) is 0 Å². The molecule has 196 valence electrons. The van der Waals surface area contributed by atoms with Crippen molar-refractivity contribution in [1.82, 2.24) is 9.62 Å². The Morgan fingerprint density at radius 2 is 1.85 bits per heavy atom. The molecule has 0 bridgehead atoms. The van der Waals surface area contributed by atoms with Gasteiger partial charge in [0.05, 0.1) is 36.0 Å². The lowest BCUT2D eigenvalue weighted by Gasteiger charge is -2.49. The Kier molecular flexibility index (Phi) is 9.06. The van der Waals surface area contributed by atoms with E-state index in [2.05, 4.69) is 5.32 Å². The van der Waals surface area contributed by atoms with E-state index in [4.69, 9.17) is 32.7 Å². The first-order valence-corrected chi connectivity index (χ1v) is 15.0. The first-order chi connectivity index (χ1) is 16.2. The van der Waals surface area contributed by atoms with Gasteiger partial charge in [0.1, 0.15) is 6.17 Å². The molecule has 3 aliphatic carbocycles. The summed E-state index contributed by atoms with van der Waals surface area (Å²) in [6.45, 7) is 0.554. The highest BCUT2D eigenvalue weighted by Gasteiger charge is 2.49. The van der Waals surface area contributed by atoms with Crippen LogP contribution < -0.4 is 5.32 Å². The summed E-state index contributed by atoms with van der Waals surface area (Å²) in [7, 11) is -2.00. The second-order valence-electron chi connectivity index (χ2n) is 10.3. The van der Waals surface area contributed by atoms with E-state index in [1.54, 1.807) is 11.4 Å². The van der Waals surface area contributed by atoms with Crippen LogP contribution in [0.15, 0.2) is 0 Å². The number of fused-ring (bicyclic) bond motifs is 1. The zero-order valence-electron chi connectivity index (χ0n) is 19.7. The van der Waals surface area contributed by atoms with Crippen molar-refractivity contribution >= 4 is 39.1 Å². The molecule has 3 saturated carbocycles. The Hall–Kier alpha value is -0.190. The topological polar surface area (TPSA) is 84.9 Å². The van der Waals surface area contributed by atoms with Crippen LogP contribution in [-0.4, -0.2) is 85.4 Å². The molecule has 4 aliphatic rings. The van der Waals surface area contributed by atoms with E-state index in [1.165, 1.54) is 0 Å². The Morgan fingerprint density at radius 1 is 1.12 bits per heavy atom. The summed E-state index contributed by atoms with van der Waals surface area (Å²) in [5.74, 6) is -1.22. The van der Waals surface area contributed by atoms with Gasteiger partial charge < -0.3 is 14.8 Å². The molecule has 7 unspecified atom stereocenters. The molecule has 1 aliphatic heterocycles. The molecule has 0 aromatic heterocycles. The number of morpholine rings is 1. The highest BCUT2D eigenvalue weighted by molar-refractivity contribution is 7.89. The number of hydrogen-bond donors (Lipinski definition) is 1. The van der Waals surface area contributed by atoms with E-state index >= 15 is 0 Å². The minimum absolute atomic E-state index is 0.0317. The molecular weight excluding hydrogens is 506 g/mol. The van der Waals surface area contributed by atoms with Crippen molar-refractivity contribution in [3.8, 4) is 0 Å². The number of carbonyl (C=O) groups is 1. The van der Waals surface area contributed by atoms with Crippen LogP contribution in [0.5, 0.6) is 0 Å². The number of ether oxygens (including phenoxy) is 2. The molecule has 4 fully saturated rings. The van der Waals surface area contributed by atoms with Crippen molar-refractivity contribution < 1.29 is 27.1 Å². The zero-order chi connectivity index (χ0) is 24.5. The van der Waals surface area contributed by atoms with Crippen LogP contribution in [0.1, 0.15) is 64.2 Å². The van der Waals surface area contributed by atoms with Crippen LogP contribution in [0.4, 0.5) is 4.39 Å². The van der Waals surface area contributed by atoms with Crippen LogP contribution >= 0.6 is 23.2 Å². The summed E-state index contributed by atoms with van der Waals surface area (Å²) in [4.78, 5) is 12.9. The summed E-state index contributed by atoms with van der Waals surface area (Å²) in [6, 6.07) is -0.615. The average molecular weight is 544 g/mol. The molecule has 0 spiro atoms. The van der Waals surface area contributed by atoms with Crippen LogP contribution in [0, 0.1) is 5.92 Å². The van der Waals surface area contributed by atoms with Crippen LogP contribution in [0.25, 0.3) is 0 Å². The van der Waals surface area contributed by atoms with Gasteiger partial charge >= 0.3 is 0 Å². The lowest BCUT2D eigenvalue weighted by atomic mass is 9.84. The van der Waals surface area contributed by atoms with Gasteiger partial charge in [-0.2, -0.15) is 4.31 Å². The number of rotatable bonds is 6. The fourth-order valence-corrected chi connectivity index (χ4v) is 9.04. The smallest absolute Gasteiger partial charge is 0.227 e. The summed E-state index contributed by atoms with van der Waals surface area (Å²) in [5.41, 5.74) is 0. The Balaban J connectivity index is 1.48. The molecule has 0 aromatic rings. The molecule has 1 amide bonds. The van der Waals surface area contributed by atoms with Gasteiger partial charge in [0.15, 0.2) is 0 Å². The minimum Gasteiger partial charge on any atom is -0.382 e. The van der Waals surface area contributed by atoms with Crippen molar-refractivity contribution in [2.45, 2.75) is 111 Å². The van der Waals surface area contributed by atoms with E-state index in [9.17, 15) is 17.6 Å². The standard InChI is InChI=1S/C23H37Cl2FN2O5S/c1-32-13-16-12-28(34(30,31)17-8-5-14(24)6-9-17)20-11-15(7-10-21(20)33-16)27-23(29)22-18(25)3-2-4-19(22)26/h14-22H,2-13H2,1H3,(H,27,29). The van der Waals surface area contributed by atoms with Crippen molar-refractivity contribution in [2.24, 2.45) is 5.92 Å². The number of amides is 1. The Bertz CT molecular complexity index is 803. The fourth-order valence-electron chi connectivity index (χ4n) is 6.14. The fraction of sp³-hybridized carbons (Fsp3) is 0.957. The van der Waals surface area contributed by atoms with Gasteiger partial charge in [0.2, 0.25) is 15.9 Å². The third-order valence-corrected chi connectivity index (χ3v) is 11.3. The molecule has 7 atom stereocenters. The maximum absolute atomic E-state index is 14.5. The average Bonchev–Trinajstić information content (AvgIpc) is 2.79. The number of methoxy groups -OCH3 is 1. The normalized spacial score (nSPS) is 42.1. The van der Waals surface area contributed by atoms with Gasteiger partial charge in [0.25, 0.3) is 0 Å². The summed E-state index contributed by atoms with van der Waals surface area (Å²) < 4.78 is 55.1. The molecule has 11 heteroatoms. The molecule has 7 nitrogen and oxygen atoms in total. The second kappa shape index (κ2) is 11.5. The van der Waals surface area contributed by atoms with Crippen LogP contribution in [-0.2, 0) is 24.3 Å². The number of alkyl halides is 3. The summed E-state index contributed by atoms with van der Waals surface area (Å²) in [6.07, 6.45) is 4.02. The molecule has 1 heterocycles. The molecule has 0 aromatic carbocycles. The van der Waals surface area contributed by atoms with E-state index < -0.39 is 32.7 Å². The maximum atomic E-state index is 14.5. The van der Waals surface area contributed by atoms with E-state index in [1.807, 2.05) is 0 Å². The third kappa shape index (κ3) is 5.86. The number of sulfonamides is 1. The maximum Gasteiger partial charge on any atom is 0.227 e. The molecule has 1 saturated heterocycles. The van der Waals surface area contributed by atoms with Crippen molar-refractivity contribution in [3.05, 3.63) is 0 Å². The highest BCUT2D eigenvalue weighted by Crippen LogP contribution is 2.37. The number of halogens is 3. The molecule has 0 radical (unpaired) electrons. The predicted octanol–water partition coefficient (Wildman–Crippen LogP) is 3.36. The van der Waals surface area contributed by atoms with E-state index in [-0.39, 0.29) is 42.1 Å². The Morgan fingerprint density at radius 3 is 2.53 bits per heavy atom. The molecule has 1 N–H and O–H groups in total. The lowest BCUT2D eigenvalue weighted by molar-refractivity contribution is -0.137. The first kappa shape index (κ1) is 26.9. The van der Waals surface area contributed by atoms with Gasteiger partial charge in [-0.3, -0.25) is 4.79 Å². The monoisotopic (exact) mass is 542 g/mol. The molecule has 4 rings (SSSR count). The summed E-state index contributed by atoms with van der Waals surface area (Å²) in [5, 5.41) is 2.06. The van der Waals surface area contributed by atoms with Gasteiger partial charge in [0, 0.05) is 30.5 Å². The van der Waals surface area contributed by atoms with Crippen molar-refractivity contribution in [3.63, 3.8) is 0 Å². The van der Waals surface area contributed by atoms with Crippen LogP contribution in [0.3, 0.4) is 0 Å². The van der Waals surface area contributed by atoms with Crippen molar-refractivity contribution in [1.29, 1.82) is 0 Å². The zero-order valence-corrected chi connectivity index (χ0v) is 22.0. The number of hydrogen-bond acceptors (Lipinski definition) is 5. The third-order valence-electron chi connectivity index (χ3n) is 7.97. The largest absolute Gasteiger partial charge is 0.382 e. The highest BCUT2D eigenvalue weighted by atomic mass is 35.5. The Labute approximate surface area is 212 Å². The van der Waals surface area contributed by atoms with Gasteiger partial charge in [-0.25, -0.2) is 12.8 Å². The number of nitrogens with zero attached hydrogens (tertiary/aromatic N) is 1. The quantitative estimate of drug-likeness (QED) is 0.520. The van der Waals surface area contributed by atoms with E-state index in [0.29, 0.717) is 70.8 Å². The second-order valence-corrected chi connectivity index (χ2v) is 13.7. The van der Waals surface area contributed by atoms with Gasteiger partial charge in [-0.15, -0.1) is 23.2 Å². The molecule has 34 heavy (non-hydrogen) atoms. The molecular formula is C23H37Cl2FN2O5S. The summed E-state index contributed by atoms with van der Waals surface area (Å²) >= 11 is 12.5. The minimum atomic E-state index is -3.57. The number of nitrogens with one attached hydrogen (secondary N) is 1. The lowest BCUT2D eigenvalue weighted by Crippen LogP contribution is -2.63. The van der Waals surface area contributed by atoms with Crippen LogP contribution in [0.2, 0.25) is 0 Å². The predicted molar refractivity (Wildman–Crippen MR) is 130 cm³/mol.